The standard InChI is InChI=1S/C23H28N2O3/c1-27-21-9-4-8-18-12-17(16-28-23(18)21)13-24-22(26)10-5-11-25-14-19-6-2-3-7-20(19)15-25/h2-4,6-9,17H,5,10-16H2,1H3,(H,24,26). The van der Waals surface area contributed by atoms with Crippen LogP contribution in [0.1, 0.15) is 29.5 Å². The maximum Gasteiger partial charge on any atom is 0.220 e. The summed E-state index contributed by atoms with van der Waals surface area (Å²) < 4.78 is 11.2. The highest BCUT2D eigenvalue weighted by Gasteiger charge is 2.23. The molecule has 2 aromatic carbocycles. The molecule has 148 valence electrons. The van der Waals surface area contributed by atoms with Gasteiger partial charge in [0.25, 0.3) is 0 Å². The molecule has 1 amide bonds. The summed E-state index contributed by atoms with van der Waals surface area (Å²) in [6, 6.07) is 14.6. The fourth-order valence-electron chi connectivity index (χ4n) is 4.12. The molecule has 28 heavy (non-hydrogen) atoms. The quantitative estimate of drug-likeness (QED) is 0.802. The average Bonchev–Trinajstić information content (AvgIpc) is 3.14. The fraction of sp³-hybridized carbons (Fsp3) is 0.435. The van der Waals surface area contributed by atoms with Gasteiger partial charge in [0.2, 0.25) is 5.91 Å². The number of para-hydroxylation sites is 1. The number of carbonyl (C=O) groups excluding carboxylic acids is 1. The van der Waals surface area contributed by atoms with Gasteiger partial charge in [-0.2, -0.15) is 0 Å². The zero-order chi connectivity index (χ0) is 19.3. The first-order valence-corrected chi connectivity index (χ1v) is 10.1. The van der Waals surface area contributed by atoms with Crippen molar-refractivity contribution >= 4 is 5.91 Å². The number of amides is 1. The number of benzene rings is 2. The smallest absolute Gasteiger partial charge is 0.220 e. The van der Waals surface area contributed by atoms with Crippen molar-refractivity contribution in [3.05, 3.63) is 59.2 Å². The first-order valence-electron chi connectivity index (χ1n) is 10.1. The van der Waals surface area contributed by atoms with Crippen LogP contribution < -0.4 is 14.8 Å². The number of nitrogens with one attached hydrogen (secondary N) is 1. The van der Waals surface area contributed by atoms with Gasteiger partial charge in [0.1, 0.15) is 0 Å². The minimum atomic E-state index is 0.133. The van der Waals surface area contributed by atoms with Crippen LogP contribution in [0.2, 0.25) is 0 Å². The van der Waals surface area contributed by atoms with E-state index in [9.17, 15) is 4.79 Å². The third kappa shape index (κ3) is 4.30. The Morgan fingerprint density at radius 2 is 1.89 bits per heavy atom. The monoisotopic (exact) mass is 380 g/mol. The topological polar surface area (TPSA) is 50.8 Å². The molecule has 4 rings (SSSR count). The van der Waals surface area contributed by atoms with Crippen LogP contribution in [0.4, 0.5) is 0 Å². The van der Waals surface area contributed by atoms with E-state index in [1.54, 1.807) is 7.11 Å². The van der Waals surface area contributed by atoms with Gasteiger partial charge in [0.05, 0.1) is 13.7 Å². The predicted octanol–water partition coefficient (Wildman–Crippen LogP) is 3.16. The van der Waals surface area contributed by atoms with Crippen LogP contribution in [0.5, 0.6) is 11.5 Å². The highest BCUT2D eigenvalue weighted by Crippen LogP contribution is 2.35. The molecule has 2 aliphatic heterocycles. The van der Waals surface area contributed by atoms with E-state index in [1.807, 2.05) is 12.1 Å². The van der Waals surface area contributed by atoms with Crippen molar-refractivity contribution in [3.63, 3.8) is 0 Å². The summed E-state index contributed by atoms with van der Waals surface area (Å²) in [5.74, 6) is 2.06. The minimum Gasteiger partial charge on any atom is -0.493 e. The van der Waals surface area contributed by atoms with E-state index in [2.05, 4.69) is 40.5 Å². The number of rotatable bonds is 7. The van der Waals surface area contributed by atoms with Gasteiger partial charge in [-0.25, -0.2) is 0 Å². The normalized spacial score (nSPS) is 18.1. The van der Waals surface area contributed by atoms with Crippen LogP contribution in [-0.4, -0.2) is 37.6 Å². The van der Waals surface area contributed by atoms with Crippen LogP contribution in [-0.2, 0) is 24.3 Å². The summed E-state index contributed by atoms with van der Waals surface area (Å²) in [7, 11) is 1.66. The van der Waals surface area contributed by atoms with E-state index in [4.69, 9.17) is 9.47 Å². The molecule has 0 aliphatic carbocycles. The average molecular weight is 380 g/mol. The van der Waals surface area contributed by atoms with Gasteiger partial charge >= 0.3 is 0 Å². The summed E-state index contributed by atoms with van der Waals surface area (Å²) in [6.07, 6.45) is 2.37. The van der Waals surface area contributed by atoms with Gasteiger partial charge in [-0.3, -0.25) is 9.69 Å². The number of hydrogen-bond donors (Lipinski definition) is 1. The van der Waals surface area contributed by atoms with Crippen molar-refractivity contribution in [2.24, 2.45) is 5.92 Å². The zero-order valence-corrected chi connectivity index (χ0v) is 16.4. The Balaban J connectivity index is 1.16. The van der Waals surface area contributed by atoms with E-state index >= 15 is 0 Å². The van der Waals surface area contributed by atoms with Gasteiger partial charge in [-0.05, 0) is 42.1 Å². The Hall–Kier alpha value is -2.53. The van der Waals surface area contributed by atoms with Crippen molar-refractivity contribution in [3.8, 4) is 11.5 Å². The molecule has 2 heterocycles. The predicted molar refractivity (Wildman–Crippen MR) is 108 cm³/mol. The van der Waals surface area contributed by atoms with Crippen LogP contribution in [0.25, 0.3) is 0 Å². The summed E-state index contributed by atoms with van der Waals surface area (Å²) >= 11 is 0. The highest BCUT2D eigenvalue weighted by molar-refractivity contribution is 5.75. The largest absolute Gasteiger partial charge is 0.493 e. The van der Waals surface area contributed by atoms with Crippen LogP contribution in [0.3, 0.4) is 0 Å². The zero-order valence-electron chi connectivity index (χ0n) is 16.4. The second-order valence-electron chi connectivity index (χ2n) is 7.72. The van der Waals surface area contributed by atoms with Gasteiger partial charge in [0, 0.05) is 32.0 Å². The van der Waals surface area contributed by atoms with Crippen LogP contribution >= 0.6 is 0 Å². The number of ether oxygens (including phenoxy) is 2. The molecule has 0 saturated heterocycles. The lowest BCUT2D eigenvalue weighted by Gasteiger charge is -2.26. The van der Waals surface area contributed by atoms with Crippen molar-refractivity contribution < 1.29 is 14.3 Å². The summed E-state index contributed by atoms with van der Waals surface area (Å²) in [6.45, 7) is 4.23. The molecule has 0 fully saturated rings. The minimum absolute atomic E-state index is 0.133. The van der Waals surface area contributed by atoms with Crippen molar-refractivity contribution in [1.82, 2.24) is 10.2 Å². The molecule has 0 saturated carbocycles. The lowest BCUT2D eigenvalue weighted by Crippen LogP contribution is -2.35. The number of nitrogens with zero attached hydrogens (tertiary/aromatic N) is 1. The molecule has 0 bridgehead atoms. The highest BCUT2D eigenvalue weighted by atomic mass is 16.5. The molecular formula is C23H28N2O3. The number of hydrogen-bond acceptors (Lipinski definition) is 4. The number of methoxy groups -OCH3 is 1. The third-order valence-electron chi connectivity index (χ3n) is 5.62. The molecular weight excluding hydrogens is 352 g/mol. The molecule has 2 aliphatic rings. The van der Waals surface area contributed by atoms with E-state index in [0.29, 0.717) is 25.5 Å². The molecule has 5 heteroatoms. The molecule has 1 atom stereocenters. The molecule has 2 aromatic rings. The van der Waals surface area contributed by atoms with Crippen molar-refractivity contribution in [2.45, 2.75) is 32.4 Å². The van der Waals surface area contributed by atoms with Crippen molar-refractivity contribution in [1.29, 1.82) is 0 Å². The maximum atomic E-state index is 12.2. The summed E-state index contributed by atoms with van der Waals surface area (Å²) in [5.41, 5.74) is 3.99. The second-order valence-corrected chi connectivity index (χ2v) is 7.72. The lowest BCUT2D eigenvalue weighted by molar-refractivity contribution is -0.121. The Morgan fingerprint density at radius 1 is 1.14 bits per heavy atom. The molecule has 1 unspecified atom stereocenters. The molecule has 0 aromatic heterocycles. The Morgan fingerprint density at radius 3 is 2.64 bits per heavy atom. The summed E-state index contributed by atoms with van der Waals surface area (Å²) in [4.78, 5) is 14.6. The first-order chi connectivity index (χ1) is 13.7. The number of fused-ring (bicyclic) bond motifs is 2. The van der Waals surface area contributed by atoms with Gasteiger partial charge in [-0.15, -0.1) is 0 Å². The molecule has 0 spiro atoms. The van der Waals surface area contributed by atoms with E-state index < -0.39 is 0 Å². The van der Waals surface area contributed by atoms with Crippen molar-refractivity contribution in [2.75, 3.05) is 26.8 Å². The third-order valence-corrected chi connectivity index (χ3v) is 5.62. The van der Waals surface area contributed by atoms with Gasteiger partial charge in [0.15, 0.2) is 11.5 Å². The van der Waals surface area contributed by atoms with E-state index in [0.717, 1.165) is 49.5 Å². The van der Waals surface area contributed by atoms with Crippen LogP contribution in [0.15, 0.2) is 42.5 Å². The van der Waals surface area contributed by atoms with Gasteiger partial charge in [-0.1, -0.05) is 36.4 Å². The SMILES string of the molecule is COc1cccc2c1OCC(CNC(=O)CCCN1Cc3ccccc3C1)C2. The second kappa shape index (κ2) is 8.65. The molecule has 1 N–H and O–H groups in total. The Kier molecular flexibility index (Phi) is 5.81. The van der Waals surface area contributed by atoms with E-state index in [1.165, 1.54) is 11.1 Å². The van der Waals surface area contributed by atoms with Gasteiger partial charge < -0.3 is 14.8 Å². The maximum absolute atomic E-state index is 12.2. The fourth-order valence-corrected chi connectivity index (χ4v) is 4.12. The Bertz CT molecular complexity index is 811. The number of carbonyl (C=O) groups is 1. The molecule has 5 nitrogen and oxygen atoms in total. The Labute approximate surface area is 166 Å². The lowest BCUT2D eigenvalue weighted by atomic mass is 9.96. The summed E-state index contributed by atoms with van der Waals surface area (Å²) in [5, 5.41) is 3.09. The van der Waals surface area contributed by atoms with E-state index in [-0.39, 0.29) is 5.91 Å². The first kappa shape index (κ1) is 18.8. The van der Waals surface area contributed by atoms with Crippen LogP contribution in [0, 0.1) is 5.92 Å². The molecule has 0 radical (unpaired) electrons.